The molecule has 0 aliphatic carbocycles. The van der Waals surface area contributed by atoms with E-state index in [-0.39, 0.29) is 5.57 Å². The number of hydrogen-bond donors (Lipinski definition) is 2. The number of anilines is 1. The summed E-state index contributed by atoms with van der Waals surface area (Å²) < 4.78 is 1.90. The number of rotatable bonds is 8. The summed E-state index contributed by atoms with van der Waals surface area (Å²) >= 11 is 3.51. The van der Waals surface area contributed by atoms with Crippen LogP contribution in [0.25, 0.3) is 0 Å². The monoisotopic (exact) mass is 414 g/mol. The van der Waals surface area contributed by atoms with E-state index in [2.05, 4.69) is 40.2 Å². The maximum absolute atomic E-state index is 12.8. The normalized spacial score (nSPS) is 11.7. The topological polar surface area (TPSA) is 87.5 Å². The Kier molecular flexibility index (Phi) is 8.15. The van der Waals surface area contributed by atoms with Gasteiger partial charge >= 0.3 is 0 Å². The summed E-state index contributed by atoms with van der Waals surface area (Å²) in [5.74, 6) is -0.335. The summed E-state index contributed by atoms with van der Waals surface area (Å²) in [5, 5.41) is 16.4. The number of hydrogen-bond acceptors (Lipinski definition) is 5. The molecule has 0 saturated heterocycles. The molecule has 1 aromatic heterocycles. The van der Waals surface area contributed by atoms with Crippen molar-refractivity contribution in [3.05, 3.63) is 22.0 Å². The third-order valence-corrected chi connectivity index (χ3v) is 4.35. The summed E-state index contributed by atoms with van der Waals surface area (Å²) in [5.41, 5.74) is 0.371. The summed E-state index contributed by atoms with van der Waals surface area (Å²) in [7, 11) is 1.87. The molecule has 0 fully saturated rings. The second-order valence-corrected chi connectivity index (χ2v) is 7.02. The van der Waals surface area contributed by atoms with E-state index in [1.807, 2.05) is 25.8 Å². The van der Waals surface area contributed by atoms with E-state index < -0.39 is 11.8 Å². The van der Waals surface area contributed by atoms with Crippen LogP contribution < -0.4 is 10.2 Å². The third kappa shape index (κ3) is 5.07. The van der Waals surface area contributed by atoms with Gasteiger partial charge in [-0.05, 0) is 34.7 Å². The quantitative estimate of drug-likeness (QED) is 0.295. The Labute approximate surface area is 157 Å². The summed E-state index contributed by atoms with van der Waals surface area (Å²) in [6.45, 7) is 9.12. The van der Waals surface area contributed by atoms with Gasteiger partial charge in [0.05, 0.1) is 16.4 Å². The molecule has 7 nitrogen and oxygen atoms in total. The Balaban J connectivity index is 3.30. The molecule has 0 spiro atoms. The molecule has 0 aliphatic rings. The van der Waals surface area contributed by atoms with Gasteiger partial charge in [-0.1, -0.05) is 27.7 Å². The molecule has 140 valence electrons. The van der Waals surface area contributed by atoms with E-state index in [1.165, 1.54) is 4.68 Å². The zero-order valence-electron chi connectivity index (χ0n) is 15.5. The van der Waals surface area contributed by atoms with Gasteiger partial charge in [0.1, 0.15) is 11.4 Å². The molecule has 8 heteroatoms. The van der Waals surface area contributed by atoms with Gasteiger partial charge in [0.15, 0.2) is 0 Å². The lowest BCUT2D eigenvalue weighted by molar-refractivity contribution is -0.117. The molecular weight excluding hydrogens is 388 g/mol. The van der Waals surface area contributed by atoms with Crippen LogP contribution in [0.5, 0.6) is 0 Å². The first-order valence-electron chi connectivity index (χ1n) is 8.44. The first kappa shape index (κ1) is 21.2. The Morgan fingerprint density at radius 3 is 2.52 bits per heavy atom. The minimum atomic E-state index is -0.665. The van der Waals surface area contributed by atoms with E-state index in [4.69, 9.17) is 0 Å². The van der Waals surface area contributed by atoms with Gasteiger partial charge in [-0.3, -0.25) is 9.59 Å². The molecule has 25 heavy (non-hydrogen) atoms. The molecule has 1 aromatic rings. The molecule has 0 radical (unpaired) electrons. The zero-order valence-corrected chi connectivity index (χ0v) is 17.1. The average molecular weight is 415 g/mol. The van der Waals surface area contributed by atoms with Crippen molar-refractivity contribution < 1.29 is 14.7 Å². The fourth-order valence-corrected chi connectivity index (χ4v) is 3.25. The molecule has 1 rings (SSSR count). The van der Waals surface area contributed by atoms with E-state index in [0.717, 1.165) is 10.9 Å². The summed E-state index contributed by atoms with van der Waals surface area (Å²) in [4.78, 5) is 26.9. The van der Waals surface area contributed by atoms with Gasteiger partial charge in [-0.2, -0.15) is 9.78 Å². The maximum Gasteiger partial charge on any atom is 0.288 e. The van der Waals surface area contributed by atoms with Crippen LogP contribution in [0.2, 0.25) is 0 Å². The predicted molar refractivity (Wildman–Crippen MR) is 102 cm³/mol. The van der Waals surface area contributed by atoms with Crippen LogP contribution in [-0.4, -0.2) is 46.8 Å². The highest BCUT2D eigenvalue weighted by atomic mass is 79.9. The van der Waals surface area contributed by atoms with Crippen molar-refractivity contribution in [2.24, 2.45) is 5.92 Å². The van der Waals surface area contributed by atoms with Gasteiger partial charge in [0, 0.05) is 20.1 Å². The second kappa shape index (κ2) is 9.60. The van der Waals surface area contributed by atoms with Crippen LogP contribution >= 0.6 is 15.9 Å². The lowest BCUT2D eigenvalue weighted by atomic mass is 10.2. The first-order chi connectivity index (χ1) is 11.8. The van der Waals surface area contributed by atoms with Gasteiger partial charge in [-0.15, -0.1) is 0 Å². The van der Waals surface area contributed by atoms with Crippen molar-refractivity contribution in [3.8, 4) is 0 Å². The smallest absolute Gasteiger partial charge is 0.288 e. The molecule has 0 aliphatic heterocycles. The number of aliphatic hydroxyl groups excluding tert-OH is 1. The van der Waals surface area contributed by atoms with Crippen LogP contribution in [-0.2, 0) is 11.2 Å². The fourth-order valence-electron chi connectivity index (χ4n) is 2.42. The number of aliphatic hydroxyl groups is 1. The number of nitrogens with one attached hydrogen (secondary N) is 1. The van der Waals surface area contributed by atoms with Gasteiger partial charge in [-0.25, -0.2) is 0 Å². The number of nitrogens with zero attached hydrogens (tertiary/aromatic N) is 3. The van der Waals surface area contributed by atoms with E-state index in [0.29, 0.717) is 43.2 Å². The van der Waals surface area contributed by atoms with Crippen LogP contribution in [0, 0.1) is 5.92 Å². The highest BCUT2D eigenvalue weighted by Crippen LogP contribution is 2.30. The van der Waals surface area contributed by atoms with Crippen LogP contribution in [0.1, 0.15) is 44.6 Å². The molecule has 0 unspecified atom stereocenters. The minimum Gasteiger partial charge on any atom is -0.515 e. The second-order valence-electron chi connectivity index (χ2n) is 6.23. The van der Waals surface area contributed by atoms with Crippen LogP contribution in [0.4, 0.5) is 5.82 Å². The molecule has 0 aromatic carbocycles. The van der Waals surface area contributed by atoms with Crippen molar-refractivity contribution in [2.45, 2.75) is 40.5 Å². The largest absolute Gasteiger partial charge is 0.515 e. The lowest BCUT2D eigenvalue weighted by Gasteiger charge is -2.22. The molecule has 0 bridgehead atoms. The molecular formula is C17H27BrN4O3. The Morgan fingerprint density at radius 2 is 2.04 bits per heavy atom. The third-order valence-electron chi connectivity index (χ3n) is 3.54. The molecule has 0 atom stereocenters. The maximum atomic E-state index is 12.8. The van der Waals surface area contributed by atoms with Gasteiger partial charge < -0.3 is 15.3 Å². The van der Waals surface area contributed by atoms with Crippen molar-refractivity contribution in [1.82, 2.24) is 15.1 Å². The molecule has 1 heterocycles. The number of amides is 1. The SMILES string of the molecule is CCCNC(=O)C(=CO)C(=O)n1nc(CC)c(Br)c1N(C)CC(C)C. The predicted octanol–water partition coefficient (Wildman–Crippen LogP) is 2.91. The number of aromatic nitrogens is 2. The lowest BCUT2D eigenvalue weighted by Crippen LogP contribution is -2.34. The van der Waals surface area contributed by atoms with E-state index in [1.54, 1.807) is 0 Å². The number of carbonyl (C=O) groups is 2. The van der Waals surface area contributed by atoms with Crippen molar-refractivity contribution in [2.75, 3.05) is 25.0 Å². The standard InChI is InChI=1S/C17H27BrN4O3/c1-6-8-19-15(24)12(10-23)17(25)22-16(21(5)9-11(3)4)14(18)13(7-2)20-22/h10-11,23H,6-9H2,1-5H3,(H,19,24). The van der Waals surface area contributed by atoms with Crippen molar-refractivity contribution in [1.29, 1.82) is 0 Å². The van der Waals surface area contributed by atoms with Crippen LogP contribution in [0.15, 0.2) is 16.3 Å². The van der Waals surface area contributed by atoms with Gasteiger partial charge in [0.25, 0.3) is 11.8 Å². The minimum absolute atomic E-state index is 0.342. The average Bonchev–Trinajstić information content (AvgIpc) is 2.89. The van der Waals surface area contributed by atoms with E-state index in [9.17, 15) is 14.7 Å². The van der Waals surface area contributed by atoms with Crippen LogP contribution in [0.3, 0.4) is 0 Å². The zero-order chi connectivity index (χ0) is 19.1. The molecule has 2 N–H and O–H groups in total. The fraction of sp³-hybridized carbons (Fsp3) is 0.588. The number of carbonyl (C=O) groups excluding carboxylic acids is 2. The number of aryl methyl sites for hydroxylation is 1. The van der Waals surface area contributed by atoms with Gasteiger partial charge in [0.2, 0.25) is 0 Å². The van der Waals surface area contributed by atoms with Crippen molar-refractivity contribution >= 4 is 33.6 Å². The first-order valence-corrected chi connectivity index (χ1v) is 9.23. The van der Waals surface area contributed by atoms with E-state index >= 15 is 0 Å². The van der Waals surface area contributed by atoms with Crippen molar-refractivity contribution in [3.63, 3.8) is 0 Å². The molecule has 0 saturated carbocycles. The Bertz CT molecular complexity index is 653. The number of halogens is 1. The highest BCUT2D eigenvalue weighted by molar-refractivity contribution is 9.10. The Hall–Kier alpha value is -1.83. The molecule has 1 amide bonds. The Morgan fingerprint density at radius 1 is 1.40 bits per heavy atom. The highest BCUT2D eigenvalue weighted by Gasteiger charge is 2.28. The summed E-state index contributed by atoms with van der Waals surface area (Å²) in [6, 6.07) is 0. The summed E-state index contributed by atoms with van der Waals surface area (Å²) in [6.07, 6.45) is 1.90.